The molecule has 0 saturated carbocycles. The van der Waals surface area contributed by atoms with E-state index in [1.54, 1.807) is 44.4 Å². The van der Waals surface area contributed by atoms with E-state index in [0.717, 1.165) is 44.9 Å². The maximum atomic E-state index is 14.2. The topological polar surface area (TPSA) is 153 Å². The molecule has 6 rings (SSSR count). The standard InChI is InChI=1S/C31H36F3N5O4S.C10H17NO2.C5H12N2.C2H6.2Pb/c1-18(42-6)27-22(8-7-11-36-27)28-24(14-30(3,4)17-43-19(2)41)23-12-20(9-10-25(23)39(28)16-31(32,33)34)29-37-26(38-44-29)13-21(15-40)35-5;1-8(2)9(6-12)7-13-10-4-11(3)5-10;1-7-5-3-2-4-6-7;1-2;;/h7-12,15,18,21,35H,13-14,16-17H2,1-6H3;3,6,8-10H,4-5,7H2,1-2H3;6H,2-5H2,1H3;1-2H3;;. The van der Waals surface area contributed by atoms with Gasteiger partial charge in [0.05, 0.1) is 30.1 Å². The number of likely N-dealkylation sites (N-methyl/N-ethyl adjacent to an activating group) is 1. The number of hydrazine groups is 1. The Kier molecular flexibility index (Phi) is 25.8. The molecule has 5 heterocycles. The minimum atomic E-state index is -4.52. The van der Waals surface area contributed by atoms with Crippen molar-refractivity contribution in [3.05, 3.63) is 53.6 Å². The van der Waals surface area contributed by atoms with E-state index >= 15 is 0 Å². The van der Waals surface area contributed by atoms with Crippen LogP contribution in [-0.4, -0.2) is 179 Å². The van der Waals surface area contributed by atoms with E-state index in [1.807, 2.05) is 33.8 Å². The summed E-state index contributed by atoms with van der Waals surface area (Å²) < 4.78 is 65.8. The number of ether oxygens (including phenoxy) is 3. The van der Waals surface area contributed by atoms with Gasteiger partial charge in [-0.15, -0.1) is 0 Å². The van der Waals surface area contributed by atoms with Crippen LogP contribution in [0.15, 0.2) is 36.5 Å². The molecule has 3 unspecified atom stereocenters. The molecule has 0 bridgehead atoms. The second-order valence-electron chi connectivity index (χ2n) is 17.8. The van der Waals surface area contributed by atoms with Crippen LogP contribution >= 0.6 is 11.5 Å². The van der Waals surface area contributed by atoms with Crippen molar-refractivity contribution in [2.75, 3.05) is 60.6 Å². The summed E-state index contributed by atoms with van der Waals surface area (Å²) in [6.45, 7) is 19.1. The summed E-state index contributed by atoms with van der Waals surface area (Å²) in [6, 6.07) is 8.24. The van der Waals surface area contributed by atoms with E-state index in [1.165, 1.54) is 89.5 Å². The molecular formula is C48H71F3N8O6Pb2S. The Morgan fingerprint density at radius 1 is 1.09 bits per heavy atom. The largest absolute Gasteiger partial charge is 0.465 e. The van der Waals surface area contributed by atoms with Crippen molar-refractivity contribution in [2.24, 2.45) is 17.3 Å². The summed E-state index contributed by atoms with van der Waals surface area (Å²) in [6.07, 6.45) is 2.07. The van der Waals surface area contributed by atoms with Crippen molar-refractivity contribution in [2.45, 2.75) is 113 Å². The van der Waals surface area contributed by atoms with Crippen molar-refractivity contribution >= 4 is 92.5 Å². The number of halogens is 3. The van der Waals surface area contributed by atoms with Gasteiger partial charge >= 0.3 is 137 Å². The number of alkyl halides is 3. The summed E-state index contributed by atoms with van der Waals surface area (Å²) in [5.41, 5.74) is 5.71. The molecule has 6 radical (unpaired) electrons. The van der Waals surface area contributed by atoms with Gasteiger partial charge in [-0.3, -0.25) is 15.2 Å². The number of aromatic nitrogens is 4. The minimum Gasteiger partial charge on any atom is -0.465 e. The Morgan fingerprint density at radius 3 is 2.32 bits per heavy atom. The van der Waals surface area contributed by atoms with E-state index in [9.17, 15) is 27.6 Å². The molecule has 3 atom stereocenters. The van der Waals surface area contributed by atoms with Gasteiger partial charge < -0.3 is 24.2 Å². The number of hydrogen-bond acceptors (Lipinski definition) is 14. The molecule has 0 spiro atoms. The average molecular weight is 1360 g/mol. The SMILES string of the molecule is CC.CC(C)C(C=O)COC1CN([CH]([Pb])[Pb])C1.CN1CCCCN1.CNC(C=O)Cc1nsc(-c2ccc3c(c2)c(CC(C)(C)COC(C)=O)c(-c2cccnc2C(C)OC)n3CC(F)(F)F)n1. The van der Waals surface area contributed by atoms with Crippen LogP contribution in [-0.2, 0) is 48.0 Å². The Hall–Kier alpha value is -2.33. The predicted molar refractivity (Wildman–Crippen MR) is 265 cm³/mol. The van der Waals surface area contributed by atoms with E-state index in [-0.39, 0.29) is 12.5 Å². The van der Waals surface area contributed by atoms with Crippen LogP contribution in [0.2, 0.25) is 0 Å². The summed E-state index contributed by atoms with van der Waals surface area (Å²) in [5.74, 6) is 0.513. The third-order valence-corrected chi connectivity index (χ3v) is 15.1. The van der Waals surface area contributed by atoms with Crippen LogP contribution in [0.25, 0.3) is 32.7 Å². The number of benzene rings is 1. The molecule has 14 nitrogen and oxygen atoms in total. The van der Waals surface area contributed by atoms with Gasteiger partial charge in [-0.05, 0) is 80.7 Å². The number of fused-ring (bicyclic) bond motifs is 1. The number of likely N-dealkylation sites (tertiary alicyclic amines) is 1. The normalized spacial score (nSPS) is 16.1. The smallest absolute Gasteiger partial charge is 0.406 e. The van der Waals surface area contributed by atoms with Crippen LogP contribution in [0.3, 0.4) is 0 Å². The number of rotatable bonds is 19. The number of carbonyl (C=O) groups excluding carboxylic acids is 3. The molecule has 4 aromatic rings. The molecule has 0 aliphatic carbocycles. The number of aldehydes is 2. The Bertz CT molecular complexity index is 2160. The molecule has 20 heteroatoms. The second-order valence-corrected chi connectivity index (χ2v) is 31.6. The molecule has 3 aromatic heterocycles. The van der Waals surface area contributed by atoms with Crippen molar-refractivity contribution in [1.29, 1.82) is 0 Å². The number of methoxy groups -OCH3 is 1. The molecule has 2 fully saturated rings. The maximum absolute atomic E-state index is 14.2. The van der Waals surface area contributed by atoms with Crippen LogP contribution in [0.5, 0.6) is 0 Å². The Morgan fingerprint density at radius 2 is 1.79 bits per heavy atom. The number of hydrogen-bond donors (Lipinski definition) is 2. The number of pyridine rings is 1. The summed E-state index contributed by atoms with van der Waals surface area (Å²) >= 11 is 3.71. The molecule has 1 aromatic carbocycles. The minimum absolute atomic E-state index is 0.0712. The summed E-state index contributed by atoms with van der Waals surface area (Å²) in [5, 5.41) is 6.22. The third-order valence-electron chi connectivity index (χ3n) is 11.4. The molecule has 68 heavy (non-hydrogen) atoms. The zero-order chi connectivity index (χ0) is 50.8. The van der Waals surface area contributed by atoms with E-state index < -0.39 is 36.3 Å². The van der Waals surface area contributed by atoms with Crippen LogP contribution in [0.4, 0.5) is 13.2 Å². The number of carbonyl (C=O) groups is 3. The molecule has 2 aliphatic rings. The third kappa shape index (κ3) is 18.7. The van der Waals surface area contributed by atoms with E-state index in [0.29, 0.717) is 81.3 Å². The molecule has 2 aliphatic heterocycles. The monoisotopic (exact) mass is 1360 g/mol. The fourth-order valence-electron chi connectivity index (χ4n) is 7.38. The van der Waals surface area contributed by atoms with Crippen molar-refractivity contribution < 1.29 is 41.8 Å². The van der Waals surface area contributed by atoms with Crippen LogP contribution in [0, 0.1) is 17.3 Å². The first-order valence-electron chi connectivity index (χ1n) is 23.2. The van der Waals surface area contributed by atoms with Gasteiger partial charge in [0.1, 0.15) is 23.7 Å². The van der Waals surface area contributed by atoms with Gasteiger partial charge in [0.15, 0.2) is 0 Å². The van der Waals surface area contributed by atoms with Crippen LogP contribution < -0.4 is 10.7 Å². The number of esters is 1. The van der Waals surface area contributed by atoms with E-state index in [4.69, 9.17) is 14.2 Å². The van der Waals surface area contributed by atoms with Crippen molar-refractivity contribution in [1.82, 2.24) is 39.6 Å². The Balaban J connectivity index is 0.000000415. The number of nitrogens with zero attached hydrogens (tertiary/aromatic N) is 6. The first-order valence-corrected chi connectivity index (χ1v) is 28.4. The maximum Gasteiger partial charge on any atom is 0.406 e. The fourth-order valence-corrected chi connectivity index (χ4v) is 9.71. The van der Waals surface area contributed by atoms with Gasteiger partial charge in [0.2, 0.25) is 0 Å². The predicted octanol–water partition coefficient (Wildman–Crippen LogP) is 6.97. The molecular weight excluding hydrogens is 1290 g/mol. The molecule has 0 amide bonds. The van der Waals surface area contributed by atoms with Gasteiger partial charge in [-0.2, -0.15) is 17.5 Å². The zero-order valence-electron chi connectivity index (χ0n) is 41.5. The van der Waals surface area contributed by atoms with Gasteiger partial charge in [0.25, 0.3) is 0 Å². The number of nitrogens with one attached hydrogen (secondary N) is 2. The first kappa shape index (κ1) is 60.0. The van der Waals surface area contributed by atoms with Crippen molar-refractivity contribution in [3.8, 4) is 21.8 Å². The average Bonchev–Trinajstić information content (AvgIpc) is 3.87. The van der Waals surface area contributed by atoms with Crippen molar-refractivity contribution in [3.63, 3.8) is 0 Å². The van der Waals surface area contributed by atoms with E-state index in [2.05, 4.69) is 55.9 Å². The van der Waals surface area contributed by atoms with Gasteiger partial charge in [-0.25, -0.2) is 9.99 Å². The van der Waals surface area contributed by atoms with Crippen LogP contribution in [0.1, 0.15) is 91.4 Å². The van der Waals surface area contributed by atoms with Gasteiger partial charge in [0, 0.05) is 74.2 Å². The molecule has 2 saturated heterocycles. The summed E-state index contributed by atoms with van der Waals surface area (Å²) in [4.78, 5) is 45.3. The molecule has 374 valence electrons. The van der Waals surface area contributed by atoms with Gasteiger partial charge in [-0.1, -0.05) is 27.7 Å². The quantitative estimate of drug-likeness (QED) is 0.0565. The zero-order valence-corrected chi connectivity index (χ0v) is 50.1. The second kappa shape index (κ2) is 29.3. The fraction of sp³-hybridized carbons (Fsp3) is 0.625. The summed E-state index contributed by atoms with van der Waals surface area (Å²) in [7, 11) is 5.28. The first-order chi connectivity index (χ1) is 32.2. The molecule has 2 N–H and O–H groups in total. The Labute approximate surface area is 437 Å².